The Balaban J connectivity index is 1.34. The first-order valence-corrected chi connectivity index (χ1v) is 10.4. The highest BCUT2D eigenvalue weighted by atomic mass is 16.5. The zero-order chi connectivity index (χ0) is 19.0. The zero-order valence-electron chi connectivity index (χ0n) is 17.0. The number of ether oxygens (including phenoxy) is 1. The van der Waals surface area contributed by atoms with E-state index in [0.29, 0.717) is 17.3 Å². The summed E-state index contributed by atoms with van der Waals surface area (Å²) in [4.78, 5) is 4.67. The second-order valence-corrected chi connectivity index (χ2v) is 8.96. The molecule has 0 spiro atoms. The van der Waals surface area contributed by atoms with Crippen LogP contribution < -0.4 is 10.1 Å². The highest BCUT2D eigenvalue weighted by Crippen LogP contribution is 2.61. The van der Waals surface area contributed by atoms with Gasteiger partial charge in [0.05, 0.1) is 12.3 Å². The van der Waals surface area contributed by atoms with Crippen LogP contribution >= 0.6 is 0 Å². The molecule has 0 amide bonds. The lowest BCUT2D eigenvalue weighted by Crippen LogP contribution is -2.59. The van der Waals surface area contributed by atoms with Gasteiger partial charge in [-0.25, -0.2) is 4.98 Å². The van der Waals surface area contributed by atoms with Crippen LogP contribution in [0.2, 0.25) is 0 Å². The fraction of sp³-hybridized carbons (Fsp3) is 0.609. The van der Waals surface area contributed by atoms with Crippen molar-refractivity contribution < 1.29 is 9.15 Å². The van der Waals surface area contributed by atoms with Crippen molar-refractivity contribution in [3.8, 4) is 17.2 Å². The van der Waals surface area contributed by atoms with Gasteiger partial charge < -0.3 is 14.5 Å². The Morgan fingerprint density at radius 3 is 2.67 bits per heavy atom. The number of rotatable bonds is 7. The molecule has 1 aromatic carbocycles. The topological polar surface area (TPSA) is 47.3 Å². The van der Waals surface area contributed by atoms with Crippen molar-refractivity contribution in [2.24, 2.45) is 23.2 Å². The molecule has 4 nitrogen and oxygen atoms in total. The second kappa shape index (κ2) is 7.31. The third-order valence-electron chi connectivity index (χ3n) is 7.03. The average molecular weight is 369 g/mol. The molecule has 146 valence electrons. The highest BCUT2D eigenvalue weighted by Gasteiger charge is 2.55. The number of oxazole rings is 1. The maximum Gasteiger partial charge on any atom is 0.226 e. The van der Waals surface area contributed by atoms with Crippen molar-refractivity contribution in [1.82, 2.24) is 10.3 Å². The Morgan fingerprint density at radius 2 is 2.00 bits per heavy atom. The Kier molecular flexibility index (Phi) is 5.02. The molecule has 4 heteroatoms. The summed E-state index contributed by atoms with van der Waals surface area (Å²) >= 11 is 0. The number of fused-ring (bicyclic) bond motifs is 2. The molecule has 4 atom stereocenters. The molecule has 0 radical (unpaired) electrons. The molecule has 1 N–H and O–H groups in total. The fourth-order valence-corrected chi connectivity index (χ4v) is 5.09. The Hall–Kier alpha value is -1.81. The van der Waals surface area contributed by atoms with E-state index in [2.05, 4.69) is 38.0 Å². The molecule has 0 unspecified atom stereocenters. The van der Waals surface area contributed by atoms with Gasteiger partial charge in [0.15, 0.2) is 0 Å². The summed E-state index contributed by atoms with van der Waals surface area (Å²) < 4.78 is 11.3. The van der Waals surface area contributed by atoms with Crippen molar-refractivity contribution in [3.05, 3.63) is 36.2 Å². The van der Waals surface area contributed by atoms with Gasteiger partial charge in [-0.1, -0.05) is 27.7 Å². The van der Waals surface area contributed by atoms with Gasteiger partial charge in [-0.3, -0.25) is 0 Å². The third kappa shape index (κ3) is 3.52. The molecule has 1 heterocycles. The third-order valence-corrected chi connectivity index (χ3v) is 7.03. The lowest BCUT2D eigenvalue weighted by atomic mass is 9.45. The summed E-state index contributed by atoms with van der Waals surface area (Å²) in [5.41, 5.74) is 2.49. The molecule has 2 bridgehead atoms. The van der Waals surface area contributed by atoms with Crippen LogP contribution in [-0.2, 0) is 6.54 Å². The van der Waals surface area contributed by atoms with E-state index in [-0.39, 0.29) is 0 Å². The van der Waals surface area contributed by atoms with Gasteiger partial charge in [-0.05, 0) is 66.7 Å². The molecule has 5 rings (SSSR count). The number of aromatic nitrogens is 1. The molecule has 3 aliphatic rings. The van der Waals surface area contributed by atoms with E-state index in [1.165, 1.54) is 12.8 Å². The zero-order valence-corrected chi connectivity index (χ0v) is 17.0. The number of benzene rings is 1. The monoisotopic (exact) mass is 368 g/mol. The molecule has 2 aromatic rings. The van der Waals surface area contributed by atoms with Crippen molar-refractivity contribution in [1.29, 1.82) is 0 Å². The summed E-state index contributed by atoms with van der Waals surface area (Å²) in [6, 6.07) is 8.56. The SMILES string of the molecule is CCCOc1ccc(-c2nc(CN[C@@H]3C[C@@H]4C[C@H]([C@H]3C)C4(C)C)co2)cc1. The minimum atomic E-state index is 0.533. The first-order chi connectivity index (χ1) is 13.0. The minimum absolute atomic E-state index is 0.533. The Morgan fingerprint density at radius 1 is 1.22 bits per heavy atom. The van der Waals surface area contributed by atoms with Gasteiger partial charge in [-0.2, -0.15) is 0 Å². The first kappa shape index (κ1) is 18.5. The van der Waals surface area contributed by atoms with E-state index in [9.17, 15) is 0 Å². The van der Waals surface area contributed by atoms with E-state index < -0.39 is 0 Å². The Bertz CT molecular complexity index is 765. The number of nitrogens with zero attached hydrogens (tertiary/aromatic N) is 1. The van der Waals surface area contributed by atoms with Crippen molar-refractivity contribution in [3.63, 3.8) is 0 Å². The molecule has 1 aromatic heterocycles. The van der Waals surface area contributed by atoms with Crippen LogP contribution in [0, 0.1) is 23.2 Å². The number of nitrogens with one attached hydrogen (secondary N) is 1. The fourth-order valence-electron chi connectivity index (χ4n) is 5.09. The van der Waals surface area contributed by atoms with Crippen molar-refractivity contribution in [2.75, 3.05) is 6.61 Å². The lowest BCUT2D eigenvalue weighted by Gasteiger charge is -2.62. The summed E-state index contributed by atoms with van der Waals surface area (Å²) in [6.45, 7) is 10.9. The highest BCUT2D eigenvalue weighted by molar-refractivity contribution is 5.54. The predicted molar refractivity (Wildman–Crippen MR) is 108 cm³/mol. The molecule has 3 fully saturated rings. The average Bonchev–Trinajstić information content (AvgIpc) is 3.14. The quantitative estimate of drug-likeness (QED) is 0.721. The normalized spacial score (nSPS) is 28.6. The number of hydrogen-bond acceptors (Lipinski definition) is 4. The second-order valence-electron chi connectivity index (χ2n) is 8.96. The lowest BCUT2D eigenvalue weighted by molar-refractivity contribution is -0.115. The van der Waals surface area contributed by atoms with E-state index in [0.717, 1.165) is 54.3 Å². The van der Waals surface area contributed by atoms with E-state index in [1.54, 1.807) is 6.26 Å². The largest absolute Gasteiger partial charge is 0.494 e. The molecular weight excluding hydrogens is 336 g/mol. The summed E-state index contributed by atoms with van der Waals surface area (Å²) in [5, 5.41) is 3.74. The standard InChI is InChI=1S/C23H32N2O2/c1-5-10-26-19-8-6-16(7-9-19)22-25-18(14-27-22)13-24-21-12-17-11-20(15(21)2)23(17,3)4/h6-9,14-15,17,20-21,24H,5,10-13H2,1-4H3/t15-,17+,20-,21-/m1/s1. The van der Waals surface area contributed by atoms with Crippen LogP contribution in [0.15, 0.2) is 34.9 Å². The van der Waals surface area contributed by atoms with Gasteiger partial charge in [-0.15, -0.1) is 0 Å². The van der Waals surface area contributed by atoms with Gasteiger partial charge in [0.1, 0.15) is 12.0 Å². The minimum Gasteiger partial charge on any atom is -0.494 e. The molecule has 3 saturated carbocycles. The summed E-state index contributed by atoms with van der Waals surface area (Å²) in [7, 11) is 0. The van der Waals surface area contributed by atoms with Crippen LogP contribution in [0.25, 0.3) is 11.5 Å². The number of hydrogen-bond donors (Lipinski definition) is 1. The first-order valence-electron chi connectivity index (χ1n) is 10.4. The van der Waals surface area contributed by atoms with Gasteiger partial charge >= 0.3 is 0 Å². The molecule has 27 heavy (non-hydrogen) atoms. The van der Waals surface area contributed by atoms with Gasteiger partial charge in [0, 0.05) is 18.2 Å². The van der Waals surface area contributed by atoms with Gasteiger partial charge in [0.2, 0.25) is 5.89 Å². The van der Waals surface area contributed by atoms with Crippen molar-refractivity contribution in [2.45, 2.75) is 59.5 Å². The summed E-state index contributed by atoms with van der Waals surface area (Å²) in [5.74, 6) is 4.02. The van der Waals surface area contributed by atoms with Crippen LogP contribution in [-0.4, -0.2) is 17.6 Å². The molecular formula is C23H32N2O2. The summed E-state index contributed by atoms with van der Waals surface area (Å²) in [6.07, 6.45) is 5.49. The van der Waals surface area contributed by atoms with Crippen LogP contribution in [0.3, 0.4) is 0 Å². The van der Waals surface area contributed by atoms with E-state index in [1.807, 2.05) is 24.3 Å². The van der Waals surface area contributed by atoms with Gasteiger partial charge in [0.25, 0.3) is 0 Å². The Labute approximate surface area is 162 Å². The molecule has 3 aliphatic carbocycles. The van der Waals surface area contributed by atoms with E-state index >= 15 is 0 Å². The smallest absolute Gasteiger partial charge is 0.226 e. The van der Waals surface area contributed by atoms with Crippen LogP contribution in [0.5, 0.6) is 5.75 Å². The predicted octanol–water partition coefficient (Wildman–Crippen LogP) is 5.29. The van der Waals surface area contributed by atoms with E-state index in [4.69, 9.17) is 9.15 Å². The maximum absolute atomic E-state index is 5.71. The van der Waals surface area contributed by atoms with Crippen LogP contribution in [0.1, 0.15) is 52.7 Å². The van der Waals surface area contributed by atoms with Crippen LogP contribution in [0.4, 0.5) is 0 Å². The molecule has 0 saturated heterocycles. The molecule has 0 aliphatic heterocycles. The maximum atomic E-state index is 5.71. The van der Waals surface area contributed by atoms with Crippen molar-refractivity contribution >= 4 is 0 Å².